The summed E-state index contributed by atoms with van der Waals surface area (Å²) in [6.07, 6.45) is 1.81. The Kier molecular flexibility index (Phi) is 4.98. The molecule has 23 heavy (non-hydrogen) atoms. The second-order valence-electron chi connectivity index (χ2n) is 5.79. The summed E-state index contributed by atoms with van der Waals surface area (Å²) < 4.78 is 9.64. The number of benzene rings is 1. The van der Waals surface area contributed by atoms with Gasteiger partial charge in [0.25, 0.3) is 0 Å². The molecule has 0 radical (unpaired) electrons. The van der Waals surface area contributed by atoms with E-state index >= 15 is 0 Å². The van der Waals surface area contributed by atoms with Crippen molar-refractivity contribution < 1.29 is 23.9 Å². The number of esters is 2. The Labute approximate surface area is 135 Å². The molecule has 1 fully saturated rings. The van der Waals surface area contributed by atoms with E-state index in [1.54, 1.807) is 13.0 Å². The van der Waals surface area contributed by atoms with Crippen LogP contribution in [0.15, 0.2) is 35.9 Å². The number of hydrogen-bond donors (Lipinski definition) is 0. The van der Waals surface area contributed by atoms with E-state index in [-0.39, 0.29) is 18.6 Å². The number of carbonyl (C=O) groups is 3. The Morgan fingerprint density at radius 1 is 1.13 bits per heavy atom. The maximum atomic E-state index is 12.5. The van der Waals surface area contributed by atoms with Crippen LogP contribution >= 0.6 is 0 Å². The summed E-state index contributed by atoms with van der Waals surface area (Å²) in [7, 11) is 2.46. The molecule has 0 heterocycles. The Balaban J connectivity index is 2.48. The number of allylic oxidation sites excluding steroid dienone is 1. The number of carbonyl (C=O) groups excluding carboxylic acids is 3. The molecule has 0 spiro atoms. The molecule has 1 aliphatic carbocycles. The highest BCUT2D eigenvalue weighted by molar-refractivity contribution is 6.08. The van der Waals surface area contributed by atoms with Crippen molar-refractivity contribution in [3.8, 4) is 0 Å². The molecule has 1 unspecified atom stereocenters. The first-order chi connectivity index (χ1) is 10.9. The molecule has 5 nitrogen and oxygen atoms in total. The third-order valence-electron chi connectivity index (χ3n) is 4.20. The Hall–Kier alpha value is -2.43. The van der Waals surface area contributed by atoms with Crippen LogP contribution in [0, 0.1) is 11.3 Å². The Morgan fingerprint density at radius 2 is 1.70 bits per heavy atom. The van der Waals surface area contributed by atoms with Crippen molar-refractivity contribution in [2.24, 2.45) is 11.3 Å². The molecule has 0 saturated heterocycles. The molecule has 0 amide bonds. The molecular weight excluding hydrogens is 296 g/mol. The van der Waals surface area contributed by atoms with Crippen LogP contribution in [0.1, 0.15) is 25.3 Å². The van der Waals surface area contributed by atoms with Crippen LogP contribution < -0.4 is 0 Å². The number of methoxy groups -OCH3 is 2. The fourth-order valence-electron chi connectivity index (χ4n) is 3.07. The summed E-state index contributed by atoms with van der Waals surface area (Å²) >= 11 is 0. The molecule has 1 aromatic rings. The minimum Gasteiger partial charge on any atom is -0.468 e. The van der Waals surface area contributed by atoms with Crippen LogP contribution in [-0.4, -0.2) is 31.9 Å². The molecule has 1 saturated carbocycles. The standard InChI is InChI=1S/C18H20O5/c1-12-10-18(16(20)22-2,17(21)23-3)11-14(15(12)19)9-13-7-5-4-6-8-13/h4-9,12H,10-11H2,1-3H3/b14-9+. The van der Waals surface area contributed by atoms with E-state index in [9.17, 15) is 14.4 Å². The van der Waals surface area contributed by atoms with Gasteiger partial charge in [0.2, 0.25) is 0 Å². The lowest BCUT2D eigenvalue weighted by molar-refractivity contribution is -0.171. The topological polar surface area (TPSA) is 69.7 Å². The highest BCUT2D eigenvalue weighted by Gasteiger charge is 2.54. The van der Waals surface area contributed by atoms with Gasteiger partial charge in [0, 0.05) is 12.3 Å². The number of Topliss-reactive ketones (excluding diaryl/α,β-unsaturated/α-hetero) is 1. The summed E-state index contributed by atoms with van der Waals surface area (Å²) in [6, 6.07) is 9.31. The average Bonchev–Trinajstić information content (AvgIpc) is 2.58. The fourth-order valence-corrected chi connectivity index (χ4v) is 3.07. The van der Waals surface area contributed by atoms with E-state index in [1.165, 1.54) is 14.2 Å². The van der Waals surface area contributed by atoms with E-state index in [4.69, 9.17) is 9.47 Å². The second kappa shape index (κ2) is 6.77. The van der Waals surface area contributed by atoms with Gasteiger partial charge in [-0.05, 0) is 23.6 Å². The van der Waals surface area contributed by atoms with Crippen LogP contribution in [0.2, 0.25) is 0 Å². The maximum absolute atomic E-state index is 12.5. The fraction of sp³-hybridized carbons (Fsp3) is 0.389. The quantitative estimate of drug-likeness (QED) is 0.486. The Bertz CT molecular complexity index is 629. The molecule has 1 atom stereocenters. The average molecular weight is 316 g/mol. The molecule has 2 rings (SSSR count). The molecule has 122 valence electrons. The van der Waals surface area contributed by atoms with Crippen LogP contribution in [0.4, 0.5) is 0 Å². The van der Waals surface area contributed by atoms with Gasteiger partial charge in [-0.3, -0.25) is 14.4 Å². The van der Waals surface area contributed by atoms with Crippen LogP contribution in [0.25, 0.3) is 6.08 Å². The van der Waals surface area contributed by atoms with Crippen molar-refractivity contribution >= 4 is 23.8 Å². The SMILES string of the molecule is COC(=O)C1(C(=O)OC)C/C(=C\c2ccccc2)C(=O)C(C)C1. The molecule has 0 aromatic heterocycles. The first-order valence-corrected chi connectivity index (χ1v) is 7.41. The van der Waals surface area contributed by atoms with Crippen LogP contribution in [0.5, 0.6) is 0 Å². The zero-order valence-corrected chi connectivity index (χ0v) is 13.5. The summed E-state index contributed by atoms with van der Waals surface area (Å²) in [6.45, 7) is 1.71. The second-order valence-corrected chi connectivity index (χ2v) is 5.79. The van der Waals surface area contributed by atoms with E-state index in [2.05, 4.69) is 0 Å². The molecule has 0 N–H and O–H groups in total. The lowest BCUT2D eigenvalue weighted by Gasteiger charge is -2.35. The number of ketones is 1. The third kappa shape index (κ3) is 3.18. The highest BCUT2D eigenvalue weighted by Crippen LogP contribution is 2.43. The van der Waals surface area contributed by atoms with E-state index in [0.29, 0.717) is 5.57 Å². The van der Waals surface area contributed by atoms with Gasteiger partial charge in [0.05, 0.1) is 14.2 Å². The van der Waals surface area contributed by atoms with Gasteiger partial charge < -0.3 is 9.47 Å². The third-order valence-corrected chi connectivity index (χ3v) is 4.20. The summed E-state index contributed by atoms with van der Waals surface area (Å²) in [4.78, 5) is 37.0. The van der Waals surface area contributed by atoms with Gasteiger partial charge in [-0.2, -0.15) is 0 Å². The molecule has 0 bridgehead atoms. The number of ether oxygens (including phenoxy) is 2. The van der Waals surface area contributed by atoms with Crippen molar-refractivity contribution in [1.29, 1.82) is 0 Å². The summed E-state index contributed by atoms with van der Waals surface area (Å²) in [5.74, 6) is -1.85. The van der Waals surface area contributed by atoms with Crippen molar-refractivity contribution in [2.75, 3.05) is 14.2 Å². The summed E-state index contributed by atoms with van der Waals surface area (Å²) in [5, 5.41) is 0. The zero-order chi connectivity index (χ0) is 17.0. The molecule has 5 heteroatoms. The Morgan fingerprint density at radius 3 is 2.22 bits per heavy atom. The largest absolute Gasteiger partial charge is 0.468 e. The summed E-state index contributed by atoms with van der Waals surface area (Å²) in [5.41, 5.74) is -0.184. The predicted molar refractivity (Wildman–Crippen MR) is 84.3 cm³/mol. The van der Waals surface area contributed by atoms with Gasteiger partial charge in [-0.1, -0.05) is 37.3 Å². The van der Waals surface area contributed by atoms with Gasteiger partial charge in [-0.15, -0.1) is 0 Å². The number of rotatable bonds is 3. The van der Waals surface area contributed by atoms with E-state index in [1.807, 2.05) is 30.3 Å². The normalized spacial score (nSPS) is 21.8. The first kappa shape index (κ1) is 16.9. The number of hydrogen-bond acceptors (Lipinski definition) is 5. The van der Waals surface area contributed by atoms with Crippen molar-refractivity contribution in [1.82, 2.24) is 0 Å². The van der Waals surface area contributed by atoms with Gasteiger partial charge >= 0.3 is 11.9 Å². The monoisotopic (exact) mass is 316 g/mol. The predicted octanol–water partition coefficient (Wildman–Crippen LogP) is 2.40. The van der Waals surface area contributed by atoms with Gasteiger partial charge in [-0.25, -0.2) is 0 Å². The first-order valence-electron chi connectivity index (χ1n) is 7.41. The van der Waals surface area contributed by atoms with Gasteiger partial charge in [0.1, 0.15) is 0 Å². The molecule has 1 aromatic carbocycles. The zero-order valence-electron chi connectivity index (χ0n) is 13.5. The van der Waals surface area contributed by atoms with Crippen molar-refractivity contribution in [2.45, 2.75) is 19.8 Å². The van der Waals surface area contributed by atoms with Crippen molar-refractivity contribution in [3.05, 3.63) is 41.5 Å². The molecule has 0 aliphatic heterocycles. The lowest BCUT2D eigenvalue weighted by atomic mass is 9.67. The van der Waals surface area contributed by atoms with E-state index < -0.39 is 23.3 Å². The minimum absolute atomic E-state index is 0.00951. The van der Waals surface area contributed by atoms with Crippen LogP contribution in [0.3, 0.4) is 0 Å². The van der Waals surface area contributed by atoms with Gasteiger partial charge in [0.15, 0.2) is 11.2 Å². The molecule has 1 aliphatic rings. The van der Waals surface area contributed by atoms with E-state index in [0.717, 1.165) is 5.56 Å². The highest BCUT2D eigenvalue weighted by atomic mass is 16.5. The molecular formula is C18H20O5. The minimum atomic E-state index is -1.46. The lowest BCUT2D eigenvalue weighted by Crippen LogP contribution is -2.47. The van der Waals surface area contributed by atoms with Crippen molar-refractivity contribution in [3.63, 3.8) is 0 Å². The maximum Gasteiger partial charge on any atom is 0.323 e. The smallest absolute Gasteiger partial charge is 0.323 e. The van der Waals surface area contributed by atoms with Crippen LogP contribution in [-0.2, 0) is 23.9 Å².